The number of rotatable bonds is 24. The number of hydrogen-bond donors (Lipinski definition) is 9. The second kappa shape index (κ2) is 23.9. The van der Waals surface area contributed by atoms with Crippen molar-refractivity contribution in [2.75, 3.05) is 32.7 Å². The third-order valence-electron chi connectivity index (χ3n) is 5.70. The molecule has 0 radical (unpaired) electrons. The van der Waals surface area contributed by atoms with E-state index in [1.54, 1.807) is 6.08 Å². The molecule has 0 saturated carbocycles. The molecule has 0 aliphatic heterocycles. The van der Waals surface area contributed by atoms with Crippen molar-refractivity contribution in [2.45, 2.75) is 89.8 Å². The fourth-order valence-corrected chi connectivity index (χ4v) is 3.27. The molecule has 0 saturated heterocycles. The van der Waals surface area contributed by atoms with Gasteiger partial charge in [0.2, 0.25) is 11.8 Å². The number of amides is 2. The maximum atomic E-state index is 11.8. The Morgan fingerprint density at radius 1 is 0.872 bits per heavy atom. The van der Waals surface area contributed by atoms with Crippen LogP contribution in [0.2, 0.25) is 0 Å². The number of hydrogen-bond acceptors (Lipinski definition) is 12. The van der Waals surface area contributed by atoms with Crippen LogP contribution in [0.4, 0.5) is 0 Å². The highest BCUT2D eigenvalue weighted by atomic mass is 16.5. The lowest BCUT2D eigenvalue weighted by Gasteiger charge is -2.21. The molecule has 0 bridgehead atoms. The molecular weight excluding hydrogens is 512 g/mol. The molecule has 14 nitrogen and oxygen atoms in total. The van der Waals surface area contributed by atoms with E-state index in [1.807, 2.05) is 0 Å². The van der Waals surface area contributed by atoms with Crippen molar-refractivity contribution in [2.24, 2.45) is 5.73 Å². The van der Waals surface area contributed by atoms with Gasteiger partial charge in [-0.3, -0.25) is 9.59 Å². The van der Waals surface area contributed by atoms with Crippen LogP contribution >= 0.6 is 0 Å². The summed E-state index contributed by atoms with van der Waals surface area (Å²) in [5, 5.41) is 65.6. The first-order valence-electron chi connectivity index (χ1n) is 13.6. The molecule has 3 atom stereocenters. The molecule has 0 aromatic carbocycles. The molecule has 3 unspecified atom stereocenters. The first kappa shape index (κ1) is 37.0. The van der Waals surface area contributed by atoms with Gasteiger partial charge in [0.25, 0.3) is 0 Å². The fraction of sp³-hybridized carbons (Fsp3) is 0.760. The highest BCUT2D eigenvalue weighted by Gasteiger charge is 2.14. The predicted octanol–water partition coefficient (Wildman–Crippen LogP) is 0.197. The second-order valence-corrected chi connectivity index (χ2v) is 9.23. The van der Waals surface area contributed by atoms with Gasteiger partial charge in [-0.15, -0.1) is 0 Å². The molecule has 39 heavy (non-hydrogen) atoms. The van der Waals surface area contributed by atoms with Crippen LogP contribution in [0.25, 0.3) is 0 Å². The number of nitrogens with one attached hydrogen (secondary N) is 2. The Morgan fingerprint density at radius 3 is 2.18 bits per heavy atom. The first-order chi connectivity index (χ1) is 18.6. The minimum atomic E-state index is -1.27. The van der Waals surface area contributed by atoms with Gasteiger partial charge in [0, 0.05) is 38.7 Å². The maximum absolute atomic E-state index is 11.8. The van der Waals surface area contributed by atoms with E-state index in [1.165, 1.54) is 19.2 Å². The van der Waals surface area contributed by atoms with E-state index >= 15 is 0 Å². The highest BCUT2D eigenvalue weighted by Crippen LogP contribution is 2.05. The van der Waals surface area contributed by atoms with Crippen molar-refractivity contribution < 1.29 is 40.5 Å². The van der Waals surface area contributed by atoms with Crippen LogP contribution in [0.5, 0.6) is 0 Å². The lowest BCUT2D eigenvalue weighted by Crippen LogP contribution is -2.34. The lowest BCUT2D eigenvalue weighted by atomic mass is 10.2. The first-order valence-corrected chi connectivity index (χ1v) is 13.6. The van der Waals surface area contributed by atoms with Crippen LogP contribution in [0.3, 0.4) is 0 Å². The van der Waals surface area contributed by atoms with E-state index in [-0.39, 0.29) is 31.8 Å². The second-order valence-electron chi connectivity index (χ2n) is 9.23. The molecule has 0 aliphatic rings. The number of nitrogens with two attached hydrogens (primary N) is 1. The van der Waals surface area contributed by atoms with Gasteiger partial charge in [-0.2, -0.15) is 15.2 Å². The standard InChI is InChI=1S/C25H50N6O8/c1-21(32)29(37)18-9-3-6-16-27-22(33)12-14-25(36)31(39)20-10-4-7-17-28-23(34)11-13-24(35)30(38)19-8-2-5-15-26/h6,11,13,16,21,24-25,32,35-39H,2-5,7-10,12,14-15,17-20,26H2,1H3,(H,27,33)(H,28,34)/b13-11+,16-6+. The normalized spacial score (nSPS) is 14.5. The Bertz CT molecular complexity index is 697. The van der Waals surface area contributed by atoms with Crippen LogP contribution in [-0.4, -0.2) is 109 Å². The minimum absolute atomic E-state index is 0.0194. The summed E-state index contributed by atoms with van der Waals surface area (Å²) in [4.78, 5) is 23.7. The molecule has 0 fully saturated rings. The summed E-state index contributed by atoms with van der Waals surface area (Å²) >= 11 is 0. The summed E-state index contributed by atoms with van der Waals surface area (Å²) < 4.78 is 0. The van der Waals surface area contributed by atoms with E-state index in [0.717, 1.165) is 34.1 Å². The smallest absolute Gasteiger partial charge is 0.243 e. The number of unbranched alkanes of at least 4 members (excludes halogenated alkanes) is 5. The van der Waals surface area contributed by atoms with E-state index < -0.39 is 24.6 Å². The van der Waals surface area contributed by atoms with Gasteiger partial charge in [-0.25, -0.2) is 0 Å². The van der Waals surface area contributed by atoms with Crippen LogP contribution in [0.1, 0.15) is 71.1 Å². The Kier molecular flexibility index (Phi) is 22.7. The van der Waals surface area contributed by atoms with Crippen LogP contribution in [0, 0.1) is 0 Å². The van der Waals surface area contributed by atoms with Crippen molar-refractivity contribution in [1.82, 2.24) is 25.8 Å². The van der Waals surface area contributed by atoms with E-state index in [2.05, 4.69) is 10.6 Å². The largest absolute Gasteiger partial charge is 0.377 e. The van der Waals surface area contributed by atoms with Gasteiger partial charge in [0.15, 0.2) is 0 Å². The molecule has 0 aromatic rings. The monoisotopic (exact) mass is 562 g/mol. The number of carbonyl (C=O) groups excluding carboxylic acids is 2. The summed E-state index contributed by atoms with van der Waals surface area (Å²) in [6.07, 6.45) is 7.70. The predicted molar refractivity (Wildman–Crippen MR) is 144 cm³/mol. The topological polar surface area (TPSA) is 215 Å². The number of allylic oxidation sites excluding steroid dienone is 1. The van der Waals surface area contributed by atoms with Gasteiger partial charge in [-0.05, 0) is 70.7 Å². The van der Waals surface area contributed by atoms with Gasteiger partial charge >= 0.3 is 0 Å². The average Bonchev–Trinajstić information content (AvgIpc) is 2.91. The molecule has 228 valence electrons. The fourth-order valence-electron chi connectivity index (χ4n) is 3.27. The van der Waals surface area contributed by atoms with Gasteiger partial charge in [-0.1, -0.05) is 18.9 Å². The SMILES string of the molecule is CC(O)N(O)CCC/C=C/NC(=O)CCC(O)N(O)CCCCCNC(=O)/C=C/C(O)N(O)CCCCCN. The molecule has 0 rings (SSSR count). The Morgan fingerprint density at radius 2 is 1.51 bits per heavy atom. The van der Waals surface area contributed by atoms with Gasteiger partial charge in [0.05, 0.1) is 0 Å². The van der Waals surface area contributed by atoms with Gasteiger partial charge < -0.3 is 47.3 Å². The Balaban J connectivity index is 3.87. The Hall–Kier alpha value is -1.98. The third-order valence-corrected chi connectivity index (χ3v) is 5.70. The average molecular weight is 563 g/mol. The Labute approximate surface area is 231 Å². The summed E-state index contributed by atoms with van der Waals surface area (Å²) in [5.41, 5.74) is 5.40. The van der Waals surface area contributed by atoms with Crippen LogP contribution in [0.15, 0.2) is 24.4 Å². The highest BCUT2D eigenvalue weighted by molar-refractivity contribution is 5.87. The summed E-state index contributed by atoms with van der Waals surface area (Å²) in [5.74, 6) is -0.705. The summed E-state index contributed by atoms with van der Waals surface area (Å²) in [7, 11) is 0. The lowest BCUT2D eigenvalue weighted by molar-refractivity contribution is -0.198. The third kappa shape index (κ3) is 21.5. The molecular formula is C25H50N6O8. The van der Waals surface area contributed by atoms with Crippen molar-refractivity contribution >= 4 is 11.8 Å². The van der Waals surface area contributed by atoms with Crippen LogP contribution < -0.4 is 16.4 Å². The molecule has 0 heterocycles. The van der Waals surface area contributed by atoms with Crippen molar-refractivity contribution in [3.8, 4) is 0 Å². The van der Waals surface area contributed by atoms with Gasteiger partial charge in [0.1, 0.15) is 18.7 Å². The minimum Gasteiger partial charge on any atom is -0.377 e. The van der Waals surface area contributed by atoms with Crippen molar-refractivity contribution in [1.29, 1.82) is 0 Å². The maximum Gasteiger partial charge on any atom is 0.243 e. The number of nitrogens with zero attached hydrogens (tertiary/aromatic N) is 3. The molecule has 2 amide bonds. The zero-order valence-electron chi connectivity index (χ0n) is 23.1. The molecule has 0 aromatic heterocycles. The molecule has 0 spiro atoms. The summed E-state index contributed by atoms with van der Waals surface area (Å²) in [6.45, 7) is 3.20. The van der Waals surface area contributed by atoms with E-state index in [4.69, 9.17) is 10.8 Å². The van der Waals surface area contributed by atoms with Crippen molar-refractivity contribution in [3.63, 3.8) is 0 Å². The molecule has 0 aliphatic carbocycles. The molecule has 14 heteroatoms. The number of aliphatic hydroxyl groups excluding tert-OH is 3. The van der Waals surface area contributed by atoms with Crippen molar-refractivity contribution in [3.05, 3.63) is 24.4 Å². The zero-order chi connectivity index (χ0) is 29.5. The van der Waals surface area contributed by atoms with E-state index in [9.17, 15) is 35.4 Å². The molecule has 10 N–H and O–H groups in total. The van der Waals surface area contributed by atoms with E-state index in [0.29, 0.717) is 58.2 Å². The number of aliphatic hydroxyl groups is 3. The van der Waals surface area contributed by atoms with Crippen LogP contribution in [-0.2, 0) is 9.59 Å². The zero-order valence-corrected chi connectivity index (χ0v) is 23.1. The summed E-state index contributed by atoms with van der Waals surface area (Å²) in [6, 6.07) is 0. The number of hydroxylamine groups is 6. The number of carbonyl (C=O) groups is 2. The quantitative estimate of drug-likeness (QED) is 0.0334.